The second-order valence-corrected chi connectivity index (χ2v) is 4.33. The number of nitrogens with one attached hydrogen (secondary N) is 2. The minimum absolute atomic E-state index is 0.110. The lowest BCUT2D eigenvalue weighted by atomic mass is 10.2. The number of hydrogen-bond donors (Lipinski definition) is 3. The van der Waals surface area contributed by atoms with Crippen molar-refractivity contribution in [3.8, 4) is 5.75 Å². The van der Waals surface area contributed by atoms with Crippen LogP contribution >= 0.6 is 0 Å². The molecule has 0 fully saturated rings. The molecule has 0 bridgehead atoms. The lowest BCUT2D eigenvalue weighted by Crippen LogP contribution is -2.40. The van der Waals surface area contributed by atoms with E-state index >= 15 is 0 Å². The van der Waals surface area contributed by atoms with E-state index in [1.807, 2.05) is 6.92 Å². The van der Waals surface area contributed by atoms with Gasteiger partial charge in [-0.25, -0.2) is 0 Å². The smallest absolute Gasteiger partial charge is 0.321 e. The molecule has 0 unspecified atom stereocenters. The van der Waals surface area contributed by atoms with Crippen molar-refractivity contribution >= 4 is 17.6 Å². The second kappa shape index (κ2) is 8.16. The summed E-state index contributed by atoms with van der Waals surface area (Å²) in [4.78, 5) is 22.8. The maximum Gasteiger partial charge on any atom is 0.321 e. The summed E-state index contributed by atoms with van der Waals surface area (Å²) in [6.07, 6.45) is 0.700. The molecule has 1 aromatic rings. The molecule has 6 heteroatoms. The number of carbonyl (C=O) groups excluding carboxylic acids is 1. The number of carboxylic acid groups (broad SMARTS) is 1. The van der Waals surface area contributed by atoms with Crippen molar-refractivity contribution < 1.29 is 19.4 Å². The van der Waals surface area contributed by atoms with E-state index in [4.69, 9.17) is 9.84 Å². The minimum Gasteiger partial charge on any atom is -0.497 e. The SMILES string of the molecule is CCCN[C@@H](CC(=O)Nc1ccc(OC)cc1)C(=O)O. The molecule has 0 aliphatic rings. The molecule has 0 saturated carbocycles. The summed E-state index contributed by atoms with van der Waals surface area (Å²) in [5.41, 5.74) is 0.607. The van der Waals surface area contributed by atoms with Crippen LogP contribution in [0.3, 0.4) is 0 Å². The predicted octanol–water partition coefficient (Wildman–Crippen LogP) is 1.48. The number of carboxylic acids is 1. The maximum atomic E-state index is 11.8. The van der Waals surface area contributed by atoms with Crippen LogP contribution in [0.25, 0.3) is 0 Å². The first-order valence-corrected chi connectivity index (χ1v) is 6.47. The third-order valence-corrected chi connectivity index (χ3v) is 2.70. The number of carbonyl (C=O) groups is 2. The normalized spacial score (nSPS) is 11.7. The van der Waals surface area contributed by atoms with Crippen molar-refractivity contribution in [3.05, 3.63) is 24.3 Å². The van der Waals surface area contributed by atoms with Gasteiger partial charge in [-0.15, -0.1) is 0 Å². The quantitative estimate of drug-likeness (QED) is 0.671. The van der Waals surface area contributed by atoms with Gasteiger partial charge < -0.3 is 20.5 Å². The number of amides is 1. The Morgan fingerprint density at radius 3 is 2.45 bits per heavy atom. The highest BCUT2D eigenvalue weighted by atomic mass is 16.5. The average molecular weight is 280 g/mol. The minimum atomic E-state index is -1.02. The first-order chi connectivity index (χ1) is 9.56. The average Bonchev–Trinajstić information content (AvgIpc) is 2.44. The molecule has 0 spiro atoms. The summed E-state index contributed by atoms with van der Waals surface area (Å²) in [5.74, 6) is -0.675. The summed E-state index contributed by atoms with van der Waals surface area (Å²) < 4.78 is 5.01. The lowest BCUT2D eigenvalue weighted by Gasteiger charge is -2.13. The molecule has 20 heavy (non-hydrogen) atoms. The summed E-state index contributed by atoms with van der Waals surface area (Å²) in [7, 11) is 1.56. The Morgan fingerprint density at radius 2 is 1.95 bits per heavy atom. The largest absolute Gasteiger partial charge is 0.497 e. The van der Waals surface area contributed by atoms with Crippen LogP contribution < -0.4 is 15.4 Å². The Morgan fingerprint density at radius 1 is 1.30 bits per heavy atom. The first kappa shape index (κ1) is 16.0. The number of anilines is 1. The lowest BCUT2D eigenvalue weighted by molar-refractivity contribution is -0.141. The van der Waals surface area contributed by atoms with E-state index in [2.05, 4.69) is 10.6 Å². The van der Waals surface area contributed by atoms with Crippen LogP contribution in [0.1, 0.15) is 19.8 Å². The van der Waals surface area contributed by atoms with Crippen molar-refractivity contribution in [2.75, 3.05) is 19.0 Å². The van der Waals surface area contributed by atoms with Gasteiger partial charge in [0, 0.05) is 5.69 Å². The molecule has 0 saturated heterocycles. The summed E-state index contributed by atoms with van der Waals surface area (Å²) in [5, 5.41) is 14.5. The standard InChI is InChI=1S/C14H20N2O4/c1-3-8-15-12(14(18)19)9-13(17)16-10-4-6-11(20-2)7-5-10/h4-7,12,15H,3,8-9H2,1-2H3,(H,16,17)(H,18,19)/t12-/m0/s1. The van der Waals surface area contributed by atoms with Crippen molar-refractivity contribution in [3.63, 3.8) is 0 Å². The Hall–Kier alpha value is -2.08. The molecule has 1 aromatic carbocycles. The van der Waals surface area contributed by atoms with Gasteiger partial charge in [-0.3, -0.25) is 9.59 Å². The zero-order chi connectivity index (χ0) is 15.0. The fourth-order valence-electron chi connectivity index (χ4n) is 1.64. The van der Waals surface area contributed by atoms with Gasteiger partial charge in [0.15, 0.2) is 0 Å². The van der Waals surface area contributed by atoms with Crippen molar-refractivity contribution in [2.24, 2.45) is 0 Å². The second-order valence-electron chi connectivity index (χ2n) is 4.33. The monoisotopic (exact) mass is 280 g/mol. The molecule has 6 nitrogen and oxygen atoms in total. The molecule has 1 amide bonds. The summed E-state index contributed by atoms with van der Waals surface area (Å²) in [6.45, 7) is 2.50. The highest BCUT2D eigenvalue weighted by molar-refractivity contribution is 5.94. The Labute approximate surface area is 118 Å². The molecule has 0 aliphatic heterocycles. The molecule has 0 heterocycles. The van der Waals surface area contributed by atoms with E-state index in [1.54, 1.807) is 31.4 Å². The van der Waals surface area contributed by atoms with E-state index in [0.717, 1.165) is 6.42 Å². The molecule has 110 valence electrons. The summed E-state index contributed by atoms with van der Waals surface area (Å²) >= 11 is 0. The molecular weight excluding hydrogens is 260 g/mol. The van der Waals surface area contributed by atoms with Crippen LogP contribution in [0.4, 0.5) is 5.69 Å². The van der Waals surface area contributed by atoms with Gasteiger partial charge in [-0.1, -0.05) is 6.92 Å². The number of ether oxygens (including phenoxy) is 1. The van der Waals surface area contributed by atoms with Gasteiger partial charge >= 0.3 is 5.97 Å². The predicted molar refractivity (Wildman–Crippen MR) is 76.0 cm³/mol. The van der Waals surface area contributed by atoms with Crippen molar-refractivity contribution in [1.82, 2.24) is 5.32 Å². The Bertz CT molecular complexity index is 445. The highest BCUT2D eigenvalue weighted by Gasteiger charge is 2.20. The molecule has 0 aromatic heterocycles. The molecule has 1 rings (SSSR count). The zero-order valence-corrected chi connectivity index (χ0v) is 11.7. The van der Waals surface area contributed by atoms with Gasteiger partial charge in [0.25, 0.3) is 0 Å². The zero-order valence-electron chi connectivity index (χ0n) is 11.7. The van der Waals surface area contributed by atoms with Gasteiger partial charge in [0.1, 0.15) is 11.8 Å². The van der Waals surface area contributed by atoms with E-state index in [1.165, 1.54) is 0 Å². The van der Waals surface area contributed by atoms with Crippen LogP contribution in [0.15, 0.2) is 24.3 Å². The van der Waals surface area contributed by atoms with Gasteiger partial charge in [0.2, 0.25) is 5.91 Å². The van der Waals surface area contributed by atoms with Gasteiger partial charge in [0.05, 0.1) is 13.5 Å². The van der Waals surface area contributed by atoms with Crippen LogP contribution in [-0.2, 0) is 9.59 Å². The maximum absolute atomic E-state index is 11.8. The number of benzene rings is 1. The van der Waals surface area contributed by atoms with Gasteiger partial charge in [-0.05, 0) is 37.2 Å². The van der Waals surface area contributed by atoms with Crippen molar-refractivity contribution in [1.29, 1.82) is 0 Å². The fourth-order valence-corrected chi connectivity index (χ4v) is 1.64. The van der Waals surface area contributed by atoms with Crippen LogP contribution in [-0.4, -0.2) is 36.7 Å². The van der Waals surface area contributed by atoms with E-state index in [9.17, 15) is 9.59 Å². The molecular formula is C14H20N2O4. The molecule has 0 aliphatic carbocycles. The molecule has 1 atom stereocenters. The third kappa shape index (κ3) is 5.27. The van der Waals surface area contributed by atoms with Crippen LogP contribution in [0.5, 0.6) is 5.75 Å². The van der Waals surface area contributed by atoms with E-state index < -0.39 is 12.0 Å². The Balaban J connectivity index is 2.53. The topological polar surface area (TPSA) is 87.7 Å². The van der Waals surface area contributed by atoms with Gasteiger partial charge in [-0.2, -0.15) is 0 Å². The number of aliphatic carboxylic acids is 1. The third-order valence-electron chi connectivity index (χ3n) is 2.70. The van der Waals surface area contributed by atoms with Crippen LogP contribution in [0.2, 0.25) is 0 Å². The number of hydrogen-bond acceptors (Lipinski definition) is 4. The van der Waals surface area contributed by atoms with Crippen LogP contribution in [0, 0.1) is 0 Å². The van der Waals surface area contributed by atoms with E-state index in [-0.39, 0.29) is 12.3 Å². The highest BCUT2D eigenvalue weighted by Crippen LogP contribution is 2.15. The first-order valence-electron chi connectivity index (χ1n) is 6.47. The van der Waals surface area contributed by atoms with Crippen molar-refractivity contribution in [2.45, 2.75) is 25.8 Å². The molecule has 3 N–H and O–H groups in total. The number of methoxy groups -OCH3 is 1. The summed E-state index contributed by atoms with van der Waals surface area (Å²) in [6, 6.07) is 5.98. The van der Waals surface area contributed by atoms with E-state index in [0.29, 0.717) is 18.0 Å². The fraction of sp³-hybridized carbons (Fsp3) is 0.429. The Kier molecular flexibility index (Phi) is 6.52. The molecule has 0 radical (unpaired) electrons. The number of rotatable bonds is 8.